The van der Waals surface area contributed by atoms with Gasteiger partial charge in [0.1, 0.15) is 0 Å². The summed E-state index contributed by atoms with van der Waals surface area (Å²) >= 11 is 0. The van der Waals surface area contributed by atoms with Crippen molar-refractivity contribution >= 4 is 23.5 Å². The Balaban J connectivity index is 1.40. The molecule has 0 aliphatic carbocycles. The molecule has 2 amide bonds. The van der Waals surface area contributed by atoms with Gasteiger partial charge in [0.05, 0.1) is 5.41 Å². The minimum absolute atomic E-state index is 0.0736. The topological polar surface area (TPSA) is 113 Å². The first-order chi connectivity index (χ1) is 18.3. The van der Waals surface area contributed by atoms with Gasteiger partial charge in [-0.05, 0) is 62.4 Å². The molecule has 2 heterocycles. The number of nitrogens with zero attached hydrogens (tertiary/aromatic N) is 2. The second-order valence-corrected chi connectivity index (χ2v) is 10.2. The third-order valence-electron chi connectivity index (χ3n) is 6.78. The fraction of sp³-hybridized carbons (Fsp3) is 0.357. The number of anilines is 1. The lowest BCUT2D eigenvalue weighted by Crippen LogP contribution is -2.41. The number of halogens is 3. The molecule has 11 heteroatoms. The third kappa shape index (κ3) is 6.47. The summed E-state index contributed by atoms with van der Waals surface area (Å²) in [6, 6.07) is 14.8. The average molecular weight is 544 g/mol. The Bertz CT molecular complexity index is 1340. The van der Waals surface area contributed by atoms with Crippen LogP contribution in [-0.2, 0) is 15.8 Å². The Kier molecular flexibility index (Phi) is 7.80. The minimum Gasteiger partial charge on any atom is -0.481 e. The number of carbonyl (C=O) groups is 3. The van der Waals surface area contributed by atoms with Crippen LogP contribution in [0.3, 0.4) is 0 Å². The first-order valence-corrected chi connectivity index (χ1v) is 12.4. The Morgan fingerprint density at radius 1 is 1.03 bits per heavy atom. The molecule has 39 heavy (non-hydrogen) atoms. The van der Waals surface area contributed by atoms with Crippen LogP contribution in [0.25, 0.3) is 11.5 Å². The highest BCUT2D eigenvalue weighted by molar-refractivity contribution is 6.04. The van der Waals surface area contributed by atoms with Crippen molar-refractivity contribution in [3.05, 3.63) is 71.6 Å². The minimum atomic E-state index is -4.91. The summed E-state index contributed by atoms with van der Waals surface area (Å²) in [6.45, 7) is 4.03. The van der Waals surface area contributed by atoms with E-state index < -0.39 is 34.9 Å². The zero-order valence-corrected chi connectivity index (χ0v) is 21.4. The molecule has 1 aliphatic heterocycles. The van der Waals surface area contributed by atoms with E-state index in [1.165, 1.54) is 26.0 Å². The van der Waals surface area contributed by atoms with Gasteiger partial charge < -0.3 is 19.7 Å². The third-order valence-corrected chi connectivity index (χ3v) is 6.78. The number of hydrogen-bond donors (Lipinski definition) is 2. The largest absolute Gasteiger partial charge is 0.481 e. The van der Waals surface area contributed by atoms with Crippen molar-refractivity contribution in [2.24, 2.45) is 5.41 Å². The van der Waals surface area contributed by atoms with Crippen LogP contribution in [0.1, 0.15) is 60.8 Å². The maximum absolute atomic E-state index is 13.6. The van der Waals surface area contributed by atoms with E-state index in [2.05, 4.69) is 10.3 Å². The number of hydrogen-bond acceptors (Lipinski definition) is 5. The second kappa shape index (κ2) is 10.9. The van der Waals surface area contributed by atoms with E-state index in [0.29, 0.717) is 37.2 Å². The number of carbonyl (C=O) groups excluding carboxylic acids is 2. The molecule has 1 fully saturated rings. The first-order valence-electron chi connectivity index (χ1n) is 12.4. The number of aliphatic carboxylic acids is 1. The van der Waals surface area contributed by atoms with E-state index in [1.54, 1.807) is 47.4 Å². The van der Waals surface area contributed by atoms with Gasteiger partial charge in [0.2, 0.25) is 17.6 Å². The van der Waals surface area contributed by atoms with Gasteiger partial charge in [-0.1, -0.05) is 30.3 Å². The van der Waals surface area contributed by atoms with Crippen molar-refractivity contribution in [1.82, 2.24) is 9.88 Å². The molecule has 2 N–H and O–H groups in total. The Morgan fingerprint density at radius 3 is 2.21 bits per heavy atom. The maximum Gasteiger partial charge on any atom is 0.452 e. The molecule has 0 unspecified atom stereocenters. The molecule has 1 aliphatic rings. The SMILES string of the molecule is CC(C)(CC(=O)N1CCC(c2ccc(NC(=O)c3nc(-c4ccccc4)oc3C(F)(F)F)cc2)CC1)C(=O)O. The summed E-state index contributed by atoms with van der Waals surface area (Å²) < 4.78 is 45.6. The maximum atomic E-state index is 13.6. The summed E-state index contributed by atoms with van der Waals surface area (Å²) in [4.78, 5) is 42.1. The van der Waals surface area contributed by atoms with Crippen LogP contribution >= 0.6 is 0 Å². The van der Waals surface area contributed by atoms with Crippen LogP contribution < -0.4 is 5.32 Å². The Hall–Kier alpha value is -4.15. The van der Waals surface area contributed by atoms with Crippen molar-refractivity contribution in [3.63, 3.8) is 0 Å². The van der Waals surface area contributed by atoms with Crippen molar-refractivity contribution in [1.29, 1.82) is 0 Å². The molecule has 3 aromatic rings. The van der Waals surface area contributed by atoms with Gasteiger partial charge in [0.25, 0.3) is 5.91 Å². The fourth-order valence-corrected chi connectivity index (χ4v) is 4.43. The van der Waals surface area contributed by atoms with Gasteiger partial charge in [-0.3, -0.25) is 14.4 Å². The molecule has 1 saturated heterocycles. The van der Waals surface area contributed by atoms with Gasteiger partial charge in [0.15, 0.2) is 5.69 Å². The van der Waals surface area contributed by atoms with E-state index in [-0.39, 0.29) is 24.1 Å². The molecule has 206 valence electrons. The Morgan fingerprint density at radius 2 is 1.64 bits per heavy atom. The number of carboxylic acid groups (broad SMARTS) is 1. The summed E-state index contributed by atoms with van der Waals surface area (Å²) in [5.41, 5.74) is -0.415. The average Bonchev–Trinajstić information content (AvgIpc) is 3.36. The number of piperidine rings is 1. The highest BCUT2D eigenvalue weighted by atomic mass is 19.4. The predicted molar refractivity (Wildman–Crippen MR) is 136 cm³/mol. The van der Waals surface area contributed by atoms with Crippen LogP contribution in [0.4, 0.5) is 18.9 Å². The number of carboxylic acids is 1. The number of nitrogens with one attached hydrogen (secondary N) is 1. The fourth-order valence-electron chi connectivity index (χ4n) is 4.43. The molecule has 1 aromatic heterocycles. The second-order valence-electron chi connectivity index (χ2n) is 10.2. The highest BCUT2D eigenvalue weighted by Gasteiger charge is 2.42. The number of benzene rings is 2. The summed E-state index contributed by atoms with van der Waals surface area (Å²) in [6.07, 6.45) is -3.62. The molecule has 4 rings (SSSR count). The standard InChI is InChI=1S/C28H28F3N3O5/c1-27(2,26(37)38)16-21(35)34-14-12-18(13-15-34)17-8-10-20(11-9-17)32-24(36)22-23(28(29,30)31)39-25(33-22)19-6-4-3-5-7-19/h3-11,18H,12-16H2,1-2H3,(H,32,36)(H,37,38). The number of amides is 2. The van der Waals surface area contributed by atoms with Crippen LogP contribution in [0.5, 0.6) is 0 Å². The lowest BCUT2D eigenvalue weighted by Gasteiger charge is -2.33. The summed E-state index contributed by atoms with van der Waals surface area (Å²) in [5.74, 6) is -3.89. The zero-order valence-electron chi connectivity index (χ0n) is 21.4. The summed E-state index contributed by atoms with van der Waals surface area (Å²) in [7, 11) is 0. The van der Waals surface area contributed by atoms with Gasteiger partial charge in [-0.25, -0.2) is 4.98 Å². The van der Waals surface area contributed by atoms with E-state index in [9.17, 15) is 32.7 Å². The molecular formula is C28H28F3N3O5. The van der Waals surface area contributed by atoms with E-state index in [4.69, 9.17) is 4.42 Å². The summed E-state index contributed by atoms with van der Waals surface area (Å²) in [5, 5.41) is 11.7. The smallest absolute Gasteiger partial charge is 0.452 e. The normalized spacial score (nSPS) is 14.7. The van der Waals surface area contributed by atoms with Crippen molar-refractivity contribution < 1.29 is 37.1 Å². The monoisotopic (exact) mass is 543 g/mol. The van der Waals surface area contributed by atoms with Crippen molar-refractivity contribution in [2.75, 3.05) is 18.4 Å². The molecule has 0 atom stereocenters. The van der Waals surface area contributed by atoms with Gasteiger partial charge in [0, 0.05) is 30.8 Å². The van der Waals surface area contributed by atoms with E-state index in [1.807, 2.05) is 0 Å². The molecule has 2 aromatic carbocycles. The molecule has 0 bridgehead atoms. The number of likely N-dealkylation sites (tertiary alicyclic amines) is 1. The number of rotatable bonds is 7. The zero-order chi connectivity index (χ0) is 28.4. The molecule has 0 radical (unpaired) electrons. The lowest BCUT2D eigenvalue weighted by atomic mass is 9.86. The molecule has 8 nitrogen and oxygen atoms in total. The molecule has 0 saturated carbocycles. The quantitative estimate of drug-likeness (QED) is 0.388. The van der Waals surface area contributed by atoms with Crippen LogP contribution in [-0.4, -0.2) is 45.9 Å². The predicted octanol–water partition coefficient (Wildman–Crippen LogP) is 5.82. The number of alkyl halides is 3. The van der Waals surface area contributed by atoms with Gasteiger partial charge in [-0.15, -0.1) is 0 Å². The van der Waals surface area contributed by atoms with Gasteiger partial charge >= 0.3 is 12.1 Å². The van der Waals surface area contributed by atoms with Gasteiger partial charge in [-0.2, -0.15) is 13.2 Å². The number of aromatic nitrogens is 1. The molecular weight excluding hydrogens is 515 g/mol. The first kappa shape index (κ1) is 27.9. The van der Waals surface area contributed by atoms with Crippen LogP contribution in [0.15, 0.2) is 59.0 Å². The van der Waals surface area contributed by atoms with Crippen molar-refractivity contribution in [3.8, 4) is 11.5 Å². The highest BCUT2D eigenvalue weighted by Crippen LogP contribution is 2.36. The van der Waals surface area contributed by atoms with E-state index >= 15 is 0 Å². The van der Waals surface area contributed by atoms with E-state index in [0.717, 1.165) is 5.56 Å². The van der Waals surface area contributed by atoms with Crippen LogP contribution in [0.2, 0.25) is 0 Å². The Labute approximate surface area is 222 Å². The molecule has 0 spiro atoms. The van der Waals surface area contributed by atoms with Crippen molar-refractivity contribution in [2.45, 2.75) is 45.2 Å². The lowest BCUT2D eigenvalue weighted by molar-refractivity contribution is -0.153. The number of oxazole rings is 1. The van der Waals surface area contributed by atoms with Crippen LogP contribution in [0, 0.1) is 5.41 Å².